The summed E-state index contributed by atoms with van der Waals surface area (Å²) in [5, 5.41) is 15.2. The molecule has 0 fully saturated rings. The second-order valence-electron chi connectivity index (χ2n) is 6.51. The van der Waals surface area contributed by atoms with E-state index in [0.29, 0.717) is 22.0 Å². The number of ether oxygens (including phenoxy) is 1. The number of carbonyl (C=O) groups is 2. The van der Waals surface area contributed by atoms with Crippen molar-refractivity contribution in [1.29, 1.82) is 0 Å². The monoisotopic (exact) mass is 429 g/mol. The first-order chi connectivity index (χ1) is 13.9. The first kappa shape index (κ1) is 20.9. The zero-order chi connectivity index (χ0) is 21.0. The topological polar surface area (TPSA) is 75.6 Å². The summed E-state index contributed by atoms with van der Waals surface area (Å²) in [5.74, 6) is -2.45. The van der Waals surface area contributed by atoms with Gasteiger partial charge in [0.05, 0.1) is 17.1 Å². The van der Waals surface area contributed by atoms with Crippen LogP contribution in [-0.4, -0.2) is 23.7 Å². The molecule has 0 bridgehead atoms. The molecule has 1 unspecified atom stereocenters. The molecular weight excluding hydrogens is 410 g/mol. The van der Waals surface area contributed by atoms with Crippen LogP contribution in [0.15, 0.2) is 70.4 Å². The molecule has 1 aliphatic rings. The van der Waals surface area contributed by atoms with Crippen LogP contribution in [0.3, 0.4) is 0 Å². The van der Waals surface area contributed by atoms with Gasteiger partial charge in [0.2, 0.25) is 0 Å². The number of hydrogen-bond acceptors (Lipinski definition) is 5. The van der Waals surface area contributed by atoms with Crippen LogP contribution in [0.25, 0.3) is 6.08 Å². The molecule has 2 aromatic rings. The summed E-state index contributed by atoms with van der Waals surface area (Å²) in [6, 6.07) is 10.8. The third kappa shape index (κ3) is 4.78. The molecular formula is C22H20ClNO4S. The van der Waals surface area contributed by atoms with Crippen LogP contribution in [0.5, 0.6) is 0 Å². The zero-order valence-corrected chi connectivity index (χ0v) is 17.5. The van der Waals surface area contributed by atoms with E-state index in [4.69, 9.17) is 16.3 Å². The number of carbonyl (C=O) groups excluding carboxylic acids is 1. The number of allylic oxidation sites excluding steroid dienone is 2. The maximum Gasteiger partial charge on any atom is 0.337 e. The molecule has 150 valence electrons. The molecule has 5 nitrogen and oxygen atoms in total. The highest BCUT2D eigenvalue weighted by Crippen LogP contribution is 2.39. The normalized spacial score (nSPS) is 16.9. The van der Waals surface area contributed by atoms with Crippen LogP contribution >= 0.6 is 22.9 Å². The first-order valence-corrected chi connectivity index (χ1v) is 10.2. The van der Waals surface area contributed by atoms with E-state index in [0.717, 1.165) is 4.88 Å². The van der Waals surface area contributed by atoms with Crippen molar-refractivity contribution >= 4 is 41.0 Å². The first-order valence-electron chi connectivity index (χ1n) is 8.93. The molecule has 7 heteroatoms. The number of esters is 1. The predicted molar refractivity (Wildman–Crippen MR) is 115 cm³/mol. The van der Waals surface area contributed by atoms with Gasteiger partial charge >= 0.3 is 11.9 Å². The summed E-state index contributed by atoms with van der Waals surface area (Å²) in [5.41, 5.74) is 2.02. The van der Waals surface area contributed by atoms with Crippen LogP contribution in [0.2, 0.25) is 5.02 Å². The minimum absolute atomic E-state index is 0.0842. The standard InChI is InChI=1S/C22H20ClNO4S/c1-13-18(21(25)26)20(15-6-3-7-16(23)12-15)19(14(2)24-13)22(27)28-10-4-8-17-9-5-11-29-17/h3-9,11-12,20,24H,10H2,1-2H3,(H,25,26)/b8-4+. The van der Waals surface area contributed by atoms with Crippen LogP contribution in [0, 0.1) is 0 Å². The second kappa shape index (κ2) is 9.11. The highest BCUT2D eigenvalue weighted by atomic mass is 35.5. The maximum absolute atomic E-state index is 12.9. The lowest BCUT2D eigenvalue weighted by Gasteiger charge is -2.29. The van der Waals surface area contributed by atoms with E-state index in [1.54, 1.807) is 55.5 Å². The summed E-state index contributed by atoms with van der Waals surface area (Å²) >= 11 is 7.71. The van der Waals surface area contributed by atoms with Crippen molar-refractivity contribution in [3.05, 3.63) is 85.9 Å². The van der Waals surface area contributed by atoms with Gasteiger partial charge in [-0.25, -0.2) is 9.59 Å². The molecule has 1 aliphatic heterocycles. The van der Waals surface area contributed by atoms with Crippen molar-refractivity contribution in [2.24, 2.45) is 0 Å². The molecule has 1 aromatic carbocycles. The van der Waals surface area contributed by atoms with Gasteiger partial charge in [0, 0.05) is 21.3 Å². The number of halogens is 1. The molecule has 0 aliphatic carbocycles. The molecule has 0 saturated heterocycles. The third-order valence-corrected chi connectivity index (χ3v) is 5.60. The molecule has 1 aromatic heterocycles. The average Bonchev–Trinajstić information content (AvgIpc) is 3.17. The fourth-order valence-electron chi connectivity index (χ4n) is 3.32. The van der Waals surface area contributed by atoms with Crippen LogP contribution in [0.4, 0.5) is 0 Å². The Balaban J connectivity index is 1.90. The Morgan fingerprint density at radius 3 is 2.62 bits per heavy atom. The summed E-state index contributed by atoms with van der Waals surface area (Å²) in [4.78, 5) is 26.0. The average molecular weight is 430 g/mol. The molecule has 0 saturated carbocycles. The van der Waals surface area contributed by atoms with E-state index in [2.05, 4.69) is 5.32 Å². The lowest BCUT2D eigenvalue weighted by atomic mass is 9.80. The van der Waals surface area contributed by atoms with Gasteiger partial charge in [-0.1, -0.05) is 29.8 Å². The smallest absolute Gasteiger partial charge is 0.337 e. The highest BCUT2D eigenvalue weighted by Gasteiger charge is 2.37. The van der Waals surface area contributed by atoms with Crippen molar-refractivity contribution in [1.82, 2.24) is 5.32 Å². The second-order valence-corrected chi connectivity index (χ2v) is 7.93. The Morgan fingerprint density at radius 1 is 1.21 bits per heavy atom. The van der Waals surface area contributed by atoms with Gasteiger partial charge in [0.15, 0.2) is 0 Å². The van der Waals surface area contributed by atoms with Gasteiger partial charge in [-0.3, -0.25) is 0 Å². The van der Waals surface area contributed by atoms with E-state index in [1.165, 1.54) is 0 Å². The molecule has 29 heavy (non-hydrogen) atoms. The van der Waals surface area contributed by atoms with Crippen LogP contribution in [-0.2, 0) is 14.3 Å². The van der Waals surface area contributed by atoms with E-state index >= 15 is 0 Å². The fourth-order valence-corrected chi connectivity index (χ4v) is 4.16. The van der Waals surface area contributed by atoms with E-state index in [9.17, 15) is 14.7 Å². The van der Waals surface area contributed by atoms with E-state index in [1.807, 2.05) is 23.6 Å². The maximum atomic E-state index is 12.9. The summed E-state index contributed by atoms with van der Waals surface area (Å²) < 4.78 is 5.43. The van der Waals surface area contributed by atoms with Gasteiger partial charge in [-0.05, 0) is 55.1 Å². The van der Waals surface area contributed by atoms with Gasteiger partial charge in [0.1, 0.15) is 6.61 Å². The van der Waals surface area contributed by atoms with Crippen molar-refractivity contribution in [2.75, 3.05) is 6.61 Å². The molecule has 0 amide bonds. The molecule has 3 rings (SSSR count). The Labute approximate surface area is 178 Å². The lowest BCUT2D eigenvalue weighted by molar-refractivity contribution is -0.138. The predicted octanol–water partition coefficient (Wildman–Crippen LogP) is 4.98. The number of dihydropyridines is 1. The number of benzene rings is 1. The van der Waals surface area contributed by atoms with Gasteiger partial charge in [0.25, 0.3) is 0 Å². The molecule has 2 heterocycles. The summed E-state index contributed by atoms with van der Waals surface area (Å²) in [7, 11) is 0. The number of thiophene rings is 1. The van der Waals surface area contributed by atoms with Crippen LogP contribution < -0.4 is 5.32 Å². The number of carboxylic acids is 1. The van der Waals surface area contributed by atoms with Crippen molar-refractivity contribution in [2.45, 2.75) is 19.8 Å². The number of rotatable bonds is 6. The summed E-state index contributed by atoms with van der Waals surface area (Å²) in [6.07, 6.45) is 3.63. The Hall–Kier alpha value is -2.83. The van der Waals surface area contributed by atoms with Crippen molar-refractivity contribution in [3.8, 4) is 0 Å². The van der Waals surface area contributed by atoms with Gasteiger partial charge < -0.3 is 15.2 Å². The van der Waals surface area contributed by atoms with Gasteiger partial charge in [-0.2, -0.15) is 0 Å². The highest BCUT2D eigenvalue weighted by molar-refractivity contribution is 7.10. The minimum atomic E-state index is -1.10. The van der Waals surface area contributed by atoms with Crippen LogP contribution in [0.1, 0.15) is 30.2 Å². The molecule has 0 radical (unpaired) electrons. The Morgan fingerprint density at radius 2 is 1.97 bits per heavy atom. The number of hydrogen-bond donors (Lipinski definition) is 2. The number of aliphatic carboxylic acids is 1. The number of nitrogens with one attached hydrogen (secondary N) is 1. The fraction of sp³-hybridized carbons (Fsp3) is 0.182. The van der Waals surface area contributed by atoms with Crippen molar-refractivity contribution < 1.29 is 19.4 Å². The third-order valence-electron chi connectivity index (χ3n) is 4.53. The number of carboxylic acid groups (broad SMARTS) is 1. The van der Waals surface area contributed by atoms with Gasteiger partial charge in [-0.15, -0.1) is 11.3 Å². The molecule has 2 N–H and O–H groups in total. The molecule has 1 atom stereocenters. The SMILES string of the molecule is CC1=C(C(=O)O)C(c2cccc(Cl)c2)C(C(=O)OC/C=C/c2cccs2)=C(C)N1. The lowest BCUT2D eigenvalue weighted by Crippen LogP contribution is -2.31. The molecule has 0 spiro atoms. The zero-order valence-electron chi connectivity index (χ0n) is 15.9. The largest absolute Gasteiger partial charge is 0.478 e. The Kier molecular flexibility index (Phi) is 6.56. The summed E-state index contributed by atoms with van der Waals surface area (Å²) in [6.45, 7) is 3.50. The van der Waals surface area contributed by atoms with Crippen molar-refractivity contribution in [3.63, 3.8) is 0 Å². The van der Waals surface area contributed by atoms with E-state index < -0.39 is 17.9 Å². The minimum Gasteiger partial charge on any atom is -0.478 e. The Bertz CT molecular complexity index is 1020. The van der Waals surface area contributed by atoms with E-state index in [-0.39, 0.29) is 17.8 Å². The quantitative estimate of drug-likeness (QED) is 0.633.